The maximum Gasteiger partial charge on any atom is 0.122 e. The predicted octanol–water partition coefficient (Wildman–Crippen LogP) is 4.46. The van der Waals surface area contributed by atoms with Gasteiger partial charge in [-0.2, -0.15) is 0 Å². The molecule has 0 atom stereocenters. The van der Waals surface area contributed by atoms with Gasteiger partial charge in [0.1, 0.15) is 5.75 Å². The van der Waals surface area contributed by atoms with Crippen LogP contribution in [0.5, 0.6) is 5.75 Å². The lowest BCUT2D eigenvalue weighted by Gasteiger charge is -2.08. The van der Waals surface area contributed by atoms with Gasteiger partial charge in [0.05, 0.1) is 12.1 Å². The molecule has 0 aliphatic rings. The lowest BCUT2D eigenvalue weighted by molar-refractivity contribution is 0.412. The molecule has 1 nitrogen and oxygen atoms in total. The monoisotopic (exact) mass is 240 g/mol. The first-order chi connectivity index (χ1) is 7.11. The molecule has 2 aromatic carbocycles. The normalized spacial score (nSPS) is 10.7. The summed E-state index contributed by atoms with van der Waals surface area (Å²) >= 11 is 12.0. The zero-order valence-corrected chi connectivity index (χ0v) is 9.99. The fraction of sp³-hybridized carbons (Fsp3) is 0.167. The zero-order chi connectivity index (χ0) is 11.0. The summed E-state index contributed by atoms with van der Waals surface area (Å²) in [7, 11) is 1.65. The first kappa shape index (κ1) is 10.6. The average molecular weight is 241 g/mol. The Morgan fingerprint density at radius 3 is 2.47 bits per heavy atom. The highest BCUT2D eigenvalue weighted by Gasteiger charge is 2.05. The van der Waals surface area contributed by atoms with Crippen LogP contribution in [0, 0.1) is 6.92 Å². The van der Waals surface area contributed by atoms with Crippen molar-refractivity contribution in [3.05, 3.63) is 39.9 Å². The molecule has 0 heterocycles. The van der Waals surface area contributed by atoms with E-state index in [1.165, 1.54) is 0 Å². The first-order valence-corrected chi connectivity index (χ1v) is 5.31. The van der Waals surface area contributed by atoms with E-state index >= 15 is 0 Å². The van der Waals surface area contributed by atoms with Crippen molar-refractivity contribution in [2.24, 2.45) is 0 Å². The minimum absolute atomic E-state index is 0.649. The lowest BCUT2D eigenvalue weighted by atomic mass is 10.1. The molecular formula is C12H10Cl2O. The molecule has 78 valence electrons. The molecule has 0 spiro atoms. The van der Waals surface area contributed by atoms with Crippen LogP contribution in [-0.2, 0) is 0 Å². The van der Waals surface area contributed by atoms with Crippen molar-refractivity contribution in [1.82, 2.24) is 0 Å². The maximum absolute atomic E-state index is 6.10. The number of ether oxygens (including phenoxy) is 1. The van der Waals surface area contributed by atoms with Crippen LogP contribution >= 0.6 is 23.2 Å². The van der Waals surface area contributed by atoms with Gasteiger partial charge in [-0.1, -0.05) is 23.2 Å². The van der Waals surface area contributed by atoms with Gasteiger partial charge in [-0.05, 0) is 42.1 Å². The Hall–Kier alpha value is -0.920. The molecule has 0 radical (unpaired) electrons. The van der Waals surface area contributed by atoms with E-state index < -0.39 is 0 Å². The number of benzene rings is 2. The number of halogens is 2. The third-order valence-corrected chi connectivity index (χ3v) is 2.91. The van der Waals surface area contributed by atoms with Crippen LogP contribution < -0.4 is 4.74 Å². The Kier molecular flexibility index (Phi) is 2.76. The van der Waals surface area contributed by atoms with Crippen LogP contribution in [0.3, 0.4) is 0 Å². The van der Waals surface area contributed by atoms with E-state index in [9.17, 15) is 0 Å². The fourth-order valence-corrected chi connectivity index (χ4v) is 2.21. The summed E-state index contributed by atoms with van der Waals surface area (Å²) in [5.74, 6) is 0.840. The number of hydrogen-bond donors (Lipinski definition) is 0. The second kappa shape index (κ2) is 3.92. The predicted molar refractivity (Wildman–Crippen MR) is 65.3 cm³/mol. The Labute approximate surface area is 98.6 Å². The second-order valence-corrected chi connectivity index (χ2v) is 4.27. The summed E-state index contributed by atoms with van der Waals surface area (Å²) < 4.78 is 5.25. The van der Waals surface area contributed by atoms with Gasteiger partial charge in [0.15, 0.2) is 0 Å². The van der Waals surface area contributed by atoms with Crippen molar-refractivity contribution >= 4 is 34.0 Å². The van der Waals surface area contributed by atoms with E-state index in [0.29, 0.717) is 10.0 Å². The summed E-state index contributed by atoms with van der Waals surface area (Å²) in [6, 6.07) is 7.59. The Balaban J connectivity index is 2.81. The van der Waals surface area contributed by atoms with E-state index in [0.717, 1.165) is 22.1 Å². The van der Waals surface area contributed by atoms with E-state index in [-0.39, 0.29) is 0 Å². The number of fused-ring (bicyclic) bond motifs is 1. The standard InChI is InChI=1S/C12H10Cl2O/c1-7-3-8-4-9(13)5-11(14)10(8)6-12(7)15-2/h3-6H,1-2H3. The van der Waals surface area contributed by atoms with Gasteiger partial charge in [-0.3, -0.25) is 0 Å². The fourth-order valence-electron chi connectivity index (χ4n) is 1.65. The van der Waals surface area contributed by atoms with Gasteiger partial charge in [-0.25, -0.2) is 0 Å². The van der Waals surface area contributed by atoms with Gasteiger partial charge in [0.25, 0.3) is 0 Å². The third-order valence-electron chi connectivity index (χ3n) is 2.38. The van der Waals surface area contributed by atoms with Crippen molar-refractivity contribution in [2.75, 3.05) is 7.11 Å². The van der Waals surface area contributed by atoms with E-state index in [2.05, 4.69) is 0 Å². The van der Waals surface area contributed by atoms with Gasteiger partial charge in [0.2, 0.25) is 0 Å². The number of methoxy groups -OCH3 is 1. The van der Waals surface area contributed by atoms with Crippen LogP contribution in [0.1, 0.15) is 5.56 Å². The largest absolute Gasteiger partial charge is 0.496 e. The van der Waals surface area contributed by atoms with E-state index in [4.69, 9.17) is 27.9 Å². The molecular weight excluding hydrogens is 231 g/mol. The van der Waals surface area contributed by atoms with Gasteiger partial charge >= 0.3 is 0 Å². The third kappa shape index (κ3) is 1.90. The van der Waals surface area contributed by atoms with Crippen molar-refractivity contribution in [1.29, 1.82) is 0 Å². The van der Waals surface area contributed by atoms with Crippen LogP contribution in [0.4, 0.5) is 0 Å². The SMILES string of the molecule is COc1cc2c(Cl)cc(Cl)cc2cc1C. The zero-order valence-electron chi connectivity index (χ0n) is 8.47. The molecule has 3 heteroatoms. The van der Waals surface area contributed by atoms with Crippen LogP contribution in [0.25, 0.3) is 10.8 Å². The minimum Gasteiger partial charge on any atom is -0.496 e. The number of aryl methyl sites for hydroxylation is 1. The quantitative estimate of drug-likeness (QED) is 0.715. The van der Waals surface area contributed by atoms with E-state index in [1.807, 2.05) is 25.1 Å². The molecule has 2 aromatic rings. The van der Waals surface area contributed by atoms with Crippen LogP contribution in [-0.4, -0.2) is 7.11 Å². The smallest absolute Gasteiger partial charge is 0.122 e. The maximum atomic E-state index is 6.10. The van der Waals surface area contributed by atoms with Crippen molar-refractivity contribution < 1.29 is 4.74 Å². The summed E-state index contributed by atoms with van der Waals surface area (Å²) in [5.41, 5.74) is 1.07. The summed E-state index contributed by atoms with van der Waals surface area (Å²) in [6.07, 6.45) is 0. The Morgan fingerprint density at radius 1 is 1.07 bits per heavy atom. The molecule has 0 aromatic heterocycles. The van der Waals surface area contributed by atoms with Crippen molar-refractivity contribution in [2.45, 2.75) is 6.92 Å². The first-order valence-electron chi connectivity index (χ1n) is 4.55. The van der Waals surface area contributed by atoms with Crippen molar-refractivity contribution in [3.8, 4) is 5.75 Å². The molecule has 0 fully saturated rings. The average Bonchev–Trinajstić information content (AvgIpc) is 2.16. The van der Waals surface area contributed by atoms with Gasteiger partial charge in [0, 0.05) is 10.4 Å². The molecule has 0 bridgehead atoms. The minimum atomic E-state index is 0.649. The second-order valence-electron chi connectivity index (χ2n) is 3.43. The molecule has 2 rings (SSSR count). The Bertz CT molecular complexity index is 521. The topological polar surface area (TPSA) is 9.23 Å². The molecule has 0 saturated carbocycles. The highest BCUT2D eigenvalue weighted by molar-refractivity contribution is 6.38. The molecule has 0 aliphatic carbocycles. The number of rotatable bonds is 1. The van der Waals surface area contributed by atoms with Crippen molar-refractivity contribution in [3.63, 3.8) is 0 Å². The molecule has 15 heavy (non-hydrogen) atoms. The lowest BCUT2D eigenvalue weighted by Crippen LogP contribution is -1.87. The number of hydrogen-bond acceptors (Lipinski definition) is 1. The summed E-state index contributed by atoms with van der Waals surface area (Å²) in [5, 5.41) is 3.29. The highest BCUT2D eigenvalue weighted by Crippen LogP contribution is 2.32. The highest BCUT2D eigenvalue weighted by atomic mass is 35.5. The van der Waals surface area contributed by atoms with Crippen LogP contribution in [0.15, 0.2) is 24.3 Å². The molecule has 0 unspecified atom stereocenters. The van der Waals surface area contributed by atoms with Gasteiger partial charge in [-0.15, -0.1) is 0 Å². The molecule has 0 aliphatic heterocycles. The molecule has 0 saturated heterocycles. The Morgan fingerprint density at radius 2 is 1.80 bits per heavy atom. The van der Waals surface area contributed by atoms with E-state index in [1.54, 1.807) is 13.2 Å². The van der Waals surface area contributed by atoms with Crippen LogP contribution in [0.2, 0.25) is 10.0 Å². The summed E-state index contributed by atoms with van der Waals surface area (Å²) in [4.78, 5) is 0. The molecule has 0 amide bonds. The molecule has 0 N–H and O–H groups in total. The van der Waals surface area contributed by atoms with Gasteiger partial charge < -0.3 is 4.74 Å². The summed E-state index contributed by atoms with van der Waals surface area (Å²) in [6.45, 7) is 1.99.